The van der Waals surface area contributed by atoms with Gasteiger partial charge < -0.3 is 14.6 Å². The minimum atomic E-state index is -2.79. The van der Waals surface area contributed by atoms with Crippen molar-refractivity contribution in [1.29, 1.82) is 0 Å². The SMILES string of the molecule is O=C1c2ccccc2CCN1CCNc1nnc(C(F)F)o1. The number of alkyl halides is 2. The highest BCUT2D eigenvalue weighted by atomic mass is 19.3. The molecule has 0 radical (unpaired) electrons. The number of halogens is 2. The van der Waals surface area contributed by atoms with E-state index in [1.807, 2.05) is 24.3 Å². The van der Waals surface area contributed by atoms with Crippen molar-refractivity contribution in [3.8, 4) is 0 Å². The predicted molar refractivity (Wildman–Crippen MR) is 73.8 cm³/mol. The summed E-state index contributed by atoms with van der Waals surface area (Å²) in [5, 5.41) is 9.42. The Labute approximate surface area is 125 Å². The number of carbonyl (C=O) groups is 1. The maximum atomic E-state index is 12.3. The zero-order chi connectivity index (χ0) is 15.5. The number of anilines is 1. The number of aromatic nitrogens is 2. The van der Waals surface area contributed by atoms with E-state index in [1.165, 1.54) is 0 Å². The first-order valence-corrected chi connectivity index (χ1v) is 6.88. The van der Waals surface area contributed by atoms with Gasteiger partial charge in [-0.3, -0.25) is 4.79 Å². The summed E-state index contributed by atoms with van der Waals surface area (Å²) < 4.78 is 29.3. The summed E-state index contributed by atoms with van der Waals surface area (Å²) in [7, 11) is 0. The number of rotatable bonds is 5. The summed E-state index contributed by atoms with van der Waals surface area (Å²) in [6.07, 6.45) is -1.99. The molecule has 1 aliphatic rings. The Balaban J connectivity index is 1.55. The number of hydrogen-bond donors (Lipinski definition) is 1. The quantitative estimate of drug-likeness (QED) is 0.916. The Bertz CT molecular complexity index is 674. The summed E-state index contributed by atoms with van der Waals surface area (Å²) in [5.41, 5.74) is 1.77. The van der Waals surface area contributed by atoms with Crippen molar-refractivity contribution < 1.29 is 18.0 Å². The summed E-state index contributed by atoms with van der Waals surface area (Å²) in [5.74, 6) is -0.743. The van der Waals surface area contributed by atoms with E-state index >= 15 is 0 Å². The molecule has 1 aromatic heterocycles. The lowest BCUT2D eigenvalue weighted by Gasteiger charge is -2.28. The molecule has 1 N–H and O–H groups in total. The highest BCUT2D eigenvalue weighted by molar-refractivity contribution is 5.96. The molecular weight excluding hydrogens is 294 g/mol. The maximum Gasteiger partial charge on any atom is 0.315 e. The van der Waals surface area contributed by atoms with E-state index in [-0.39, 0.29) is 11.9 Å². The summed E-state index contributed by atoms with van der Waals surface area (Å²) >= 11 is 0. The van der Waals surface area contributed by atoms with E-state index in [0.717, 1.165) is 12.0 Å². The van der Waals surface area contributed by atoms with Gasteiger partial charge in [0, 0.05) is 25.2 Å². The summed E-state index contributed by atoms with van der Waals surface area (Å²) in [6, 6.07) is 7.44. The number of carbonyl (C=O) groups excluding carboxylic acids is 1. The van der Waals surface area contributed by atoms with Crippen molar-refractivity contribution in [3.63, 3.8) is 0 Å². The predicted octanol–water partition coefficient (Wildman–Crippen LogP) is 2.12. The van der Waals surface area contributed by atoms with Crippen molar-refractivity contribution in [2.24, 2.45) is 0 Å². The Hall–Kier alpha value is -2.51. The van der Waals surface area contributed by atoms with E-state index in [9.17, 15) is 13.6 Å². The molecule has 2 aromatic rings. The lowest BCUT2D eigenvalue weighted by atomic mass is 9.99. The number of amides is 1. The average molecular weight is 308 g/mol. The lowest BCUT2D eigenvalue weighted by molar-refractivity contribution is 0.0746. The van der Waals surface area contributed by atoms with Crippen LogP contribution in [0.1, 0.15) is 28.2 Å². The largest absolute Gasteiger partial charge is 0.402 e. The average Bonchev–Trinajstić information content (AvgIpc) is 2.99. The normalized spacial score (nSPS) is 14.3. The summed E-state index contributed by atoms with van der Waals surface area (Å²) in [6.45, 7) is 1.40. The van der Waals surface area contributed by atoms with Crippen LogP contribution in [-0.4, -0.2) is 40.6 Å². The van der Waals surface area contributed by atoms with E-state index in [1.54, 1.807) is 4.90 Å². The molecule has 22 heavy (non-hydrogen) atoms. The molecule has 0 spiro atoms. The highest BCUT2D eigenvalue weighted by Gasteiger charge is 2.23. The van der Waals surface area contributed by atoms with E-state index in [4.69, 9.17) is 4.42 Å². The molecule has 0 aliphatic carbocycles. The smallest absolute Gasteiger partial charge is 0.315 e. The molecule has 0 saturated carbocycles. The fraction of sp³-hybridized carbons (Fsp3) is 0.357. The molecule has 116 valence electrons. The highest BCUT2D eigenvalue weighted by Crippen LogP contribution is 2.19. The van der Waals surface area contributed by atoms with E-state index in [2.05, 4.69) is 15.5 Å². The summed E-state index contributed by atoms with van der Waals surface area (Å²) in [4.78, 5) is 14.0. The molecule has 6 nitrogen and oxygen atoms in total. The molecule has 0 atom stereocenters. The van der Waals surface area contributed by atoms with Crippen molar-refractivity contribution >= 4 is 11.9 Å². The second-order valence-electron chi connectivity index (χ2n) is 4.87. The zero-order valence-electron chi connectivity index (χ0n) is 11.6. The van der Waals surface area contributed by atoms with Gasteiger partial charge in [-0.2, -0.15) is 8.78 Å². The third-order valence-electron chi connectivity index (χ3n) is 3.47. The van der Waals surface area contributed by atoms with Crippen LogP contribution in [0.3, 0.4) is 0 Å². The van der Waals surface area contributed by atoms with Gasteiger partial charge in [-0.15, -0.1) is 5.10 Å². The molecule has 1 amide bonds. The topological polar surface area (TPSA) is 71.3 Å². The maximum absolute atomic E-state index is 12.3. The van der Waals surface area contributed by atoms with Crippen LogP contribution >= 0.6 is 0 Å². The Kier molecular flexibility index (Phi) is 3.99. The van der Waals surface area contributed by atoms with Crippen LogP contribution in [0.4, 0.5) is 14.8 Å². The van der Waals surface area contributed by atoms with Gasteiger partial charge in [0.2, 0.25) is 0 Å². The van der Waals surface area contributed by atoms with Gasteiger partial charge in [-0.1, -0.05) is 23.3 Å². The minimum absolute atomic E-state index is 0.0255. The van der Waals surface area contributed by atoms with Crippen molar-refractivity contribution in [3.05, 3.63) is 41.3 Å². The number of nitrogens with zero attached hydrogens (tertiary/aromatic N) is 3. The van der Waals surface area contributed by atoms with Gasteiger partial charge in [0.15, 0.2) is 0 Å². The van der Waals surface area contributed by atoms with Crippen LogP contribution in [0.15, 0.2) is 28.7 Å². The van der Waals surface area contributed by atoms with Gasteiger partial charge in [0.05, 0.1) is 0 Å². The fourth-order valence-corrected chi connectivity index (χ4v) is 2.38. The van der Waals surface area contributed by atoms with Gasteiger partial charge in [-0.05, 0) is 18.1 Å². The van der Waals surface area contributed by atoms with Crippen LogP contribution in [0.25, 0.3) is 0 Å². The molecule has 8 heteroatoms. The molecule has 0 saturated heterocycles. The fourth-order valence-electron chi connectivity index (χ4n) is 2.38. The van der Waals surface area contributed by atoms with Crippen LogP contribution in [0.2, 0.25) is 0 Å². The molecular formula is C14H14F2N4O2. The second kappa shape index (κ2) is 6.08. The second-order valence-corrected chi connectivity index (χ2v) is 4.87. The number of hydrogen-bond acceptors (Lipinski definition) is 5. The first kappa shape index (κ1) is 14.4. The van der Waals surface area contributed by atoms with Crippen LogP contribution in [-0.2, 0) is 6.42 Å². The molecule has 0 bridgehead atoms. The van der Waals surface area contributed by atoms with E-state index in [0.29, 0.717) is 25.2 Å². The molecule has 0 unspecified atom stereocenters. The van der Waals surface area contributed by atoms with Crippen molar-refractivity contribution in [2.75, 3.05) is 25.0 Å². The Morgan fingerprint density at radius 1 is 1.32 bits per heavy atom. The van der Waals surface area contributed by atoms with Gasteiger partial charge in [0.1, 0.15) is 0 Å². The lowest BCUT2D eigenvalue weighted by Crippen LogP contribution is -2.40. The van der Waals surface area contributed by atoms with Crippen molar-refractivity contribution in [1.82, 2.24) is 15.1 Å². The Morgan fingerprint density at radius 3 is 2.91 bits per heavy atom. The minimum Gasteiger partial charge on any atom is -0.402 e. The molecule has 1 aliphatic heterocycles. The monoisotopic (exact) mass is 308 g/mol. The van der Waals surface area contributed by atoms with Crippen molar-refractivity contribution in [2.45, 2.75) is 12.8 Å². The number of nitrogens with one attached hydrogen (secondary N) is 1. The van der Waals surface area contributed by atoms with Crippen LogP contribution < -0.4 is 5.32 Å². The molecule has 1 aromatic carbocycles. The first-order chi connectivity index (χ1) is 10.6. The number of benzene rings is 1. The standard InChI is InChI=1S/C14H14F2N4O2/c15-11(16)12-18-19-14(22-12)17-6-8-20-7-5-9-3-1-2-4-10(9)13(20)21/h1-4,11H,5-8H2,(H,17,19). The first-order valence-electron chi connectivity index (χ1n) is 6.88. The molecule has 2 heterocycles. The van der Waals surface area contributed by atoms with Gasteiger partial charge in [-0.25, -0.2) is 0 Å². The van der Waals surface area contributed by atoms with E-state index < -0.39 is 12.3 Å². The zero-order valence-corrected chi connectivity index (χ0v) is 11.6. The molecule has 0 fully saturated rings. The molecule has 3 rings (SSSR count). The number of fused-ring (bicyclic) bond motifs is 1. The third-order valence-corrected chi connectivity index (χ3v) is 3.47. The van der Waals surface area contributed by atoms with Gasteiger partial charge in [0.25, 0.3) is 11.8 Å². The Morgan fingerprint density at radius 2 is 2.14 bits per heavy atom. The third kappa shape index (κ3) is 2.90. The van der Waals surface area contributed by atoms with Gasteiger partial charge >= 0.3 is 12.4 Å². The van der Waals surface area contributed by atoms with Crippen LogP contribution in [0.5, 0.6) is 0 Å². The van der Waals surface area contributed by atoms with Crippen LogP contribution in [0, 0.1) is 0 Å².